The second-order valence-electron chi connectivity index (χ2n) is 4.63. The summed E-state index contributed by atoms with van der Waals surface area (Å²) < 4.78 is 0. The van der Waals surface area contributed by atoms with Crippen molar-refractivity contribution in [1.29, 1.82) is 0 Å². The molecule has 0 radical (unpaired) electrons. The summed E-state index contributed by atoms with van der Waals surface area (Å²) in [6.07, 6.45) is 3.46. The fourth-order valence-corrected chi connectivity index (χ4v) is 2.07. The lowest BCUT2D eigenvalue weighted by molar-refractivity contribution is -0.147. The summed E-state index contributed by atoms with van der Waals surface area (Å²) in [6.45, 7) is 1.96. The Balaban J connectivity index is 2.11. The van der Waals surface area contributed by atoms with Gasteiger partial charge < -0.3 is 11.1 Å². The van der Waals surface area contributed by atoms with Crippen molar-refractivity contribution >= 4 is 17.6 Å². The molecule has 2 rings (SSSR count). The minimum Gasteiger partial charge on any atom is -0.327 e. The molecule has 1 aliphatic heterocycles. The molecule has 3 N–H and O–H groups in total. The fraction of sp³-hybridized carbons (Fsp3) is 0.727. The predicted molar refractivity (Wildman–Crippen MR) is 59.8 cm³/mol. The number of hydrogen-bond donors (Lipinski definition) is 2. The van der Waals surface area contributed by atoms with Crippen molar-refractivity contribution in [3.8, 4) is 0 Å². The molecule has 16 heavy (non-hydrogen) atoms. The molecule has 0 aromatic rings. The topological polar surface area (TPSA) is 84.5 Å². The van der Waals surface area contributed by atoms with Crippen LogP contribution >= 0.6 is 0 Å². The van der Waals surface area contributed by atoms with Gasteiger partial charge in [0, 0.05) is 12.5 Å². The van der Waals surface area contributed by atoms with Crippen LogP contribution in [0, 0.1) is 5.41 Å². The summed E-state index contributed by atoms with van der Waals surface area (Å²) >= 11 is 0. The van der Waals surface area contributed by atoms with Crippen LogP contribution in [0.15, 0.2) is 4.99 Å². The lowest BCUT2D eigenvalue weighted by Crippen LogP contribution is -2.56. The number of amides is 2. The van der Waals surface area contributed by atoms with Crippen molar-refractivity contribution in [2.75, 3.05) is 0 Å². The molecule has 1 unspecified atom stereocenters. The van der Waals surface area contributed by atoms with E-state index in [0.717, 1.165) is 12.8 Å². The molecule has 0 saturated heterocycles. The van der Waals surface area contributed by atoms with Crippen molar-refractivity contribution in [2.24, 2.45) is 16.1 Å². The van der Waals surface area contributed by atoms with E-state index in [0.29, 0.717) is 25.1 Å². The predicted octanol–water partition coefficient (Wildman–Crippen LogP) is 0.339. The highest BCUT2D eigenvalue weighted by molar-refractivity contribution is 6.19. The zero-order valence-corrected chi connectivity index (χ0v) is 9.45. The van der Waals surface area contributed by atoms with Crippen LogP contribution in [0.3, 0.4) is 0 Å². The van der Waals surface area contributed by atoms with E-state index in [9.17, 15) is 9.59 Å². The van der Waals surface area contributed by atoms with E-state index < -0.39 is 5.41 Å². The van der Waals surface area contributed by atoms with Gasteiger partial charge in [0.2, 0.25) is 5.91 Å². The van der Waals surface area contributed by atoms with Gasteiger partial charge in [-0.25, -0.2) is 0 Å². The number of carbonyl (C=O) groups is 2. The van der Waals surface area contributed by atoms with Crippen molar-refractivity contribution < 1.29 is 9.59 Å². The van der Waals surface area contributed by atoms with E-state index in [1.165, 1.54) is 0 Å². The minimum absolute atomic E-state index is 0.0534. The molecule has 0 aromatic heterocycles. The standard InChI is InChI=1S/C11H17N3O2/c1-2-7(12)6-8-13-9(15)11(4-3-5-11)10(16)14-8/h7H,2-6,12H2,1H3,(H,13,14,15,16). The van der Waals surface area contributed by atoms with Gasteiger partial charge in [0.25, 0.3) is 5.91 Å². The summed E-state index contributed by atoms with van der Waals surface area (Å²) in [5, 5.41) is 2.72. The van der Waals surface area contributed by atoms with Crippen LogP contribution in [0.25, 0.3) is 0 Å². The van der Waals surface area contributed by atoms with Gasteiger partial charge in [-0.1, -0.05) is 13.3 Å². The van der Waals surface area contributed by atoms with Crippen molar-refractivity contribution in [2.45, 2.75) is 45.1 Å². The van der Waals surface area contributed by atoms with Crippen LogP contribution in [0.5, 0.6) is 0 Å². The molecule has 0 bridgehead atoms. The Hall–Kier alpha value is -1.23. The van der Waals surface area contributed by atoms with Gasteiger partial charge >= 0.3 is 0 Å². The Kier molecular flexibility index (Phi) is 2.80. The lowest BCUT2D eigenvalue weighted by Gasteiger charge is -2.39. The third-order valence-electron chi connectivity index (χ3n) is 3.53. The first-order valence-corrected chi connectivity index (χ1v) is 5.77. The molecule has 5 nitrogen and oxygen atoms in total. The normalized spacial score (nSPS) is 24.8. The highest BCUT2D eigenvalue weighted by atomic mass is 16.2. The van der Waals surface area contributed by atoms with Crippen molar-refractivity contribution in [1.82, 2.24) is 5.32 Å². The van der Waals surface area contributed by atoms with E-state index >= 15 is 0 Å². The van der Waals surface area contributed by atoms with Gasteiger partial charge in [-0.3, -0.25) is 9.59 Å². The average molecular weight is 223 g/mol. The van der Waals surface area contributed by atoms with Gasteiger partial charge in [0.05, 0.1) is 0 Å². The maximum Gasteiger partial charge on any atom is 0.263 e. The minimum atomic E-state index is -0.834. The molecule has 0 aromatic carbocycles. The van der Waals surface area contributed by atoms with Crippen LogP contribution in [0.2, 0.25) is 0 Å². The Morgan fingerprint density at radius 1 is 1.50 bits per heavy atom. The maximum absolute atomic E-state index is 11.8. The number of amidine groups is 1. The van der Waals surface area contributed by atoms with E-state index in [4.69, 9.17) is 5.73 Å². The van der Waals surface area contributed by atoms with Crippen LogP contribution in [-0.2, 0) is 9.59 Å². The number of aliphatic imine (C=N–C) groups is 1. The number of carbonyl (C=O) groups excluding carboxylic acids is 2. The van der Waals surface area contributed by atoms with Gasteiger partial charge in [-0.05, 0) is 19.3 Å². The third-order valence-corrected chi connectivity index (χ3v) is 3.53. The van der Waals surface area contributed by atoms with Gasteiger partial charge in [-0.15, -0.1) is 0 Å². The van der Waals surface area contributed by atoms with Gasteiger partial charge in [-0.2, -0.15) is 4.99 Å². The monoisotopic (exact) mass is 223 g/mol. The number of nitrogens with one attached hydrogen (secondary N) is 1. The van der Waals surface area contributed by atoms with Gasteiger partial charge in [0.1, 0.15) is 11.3 Å². The second-order valence-corrected chi connectivity index (χ2v) is 4.63. The molecule has 88 valence electrons. The van der Waals surface area contributed by atoms with Crippen molar-refractivity contribution in [3.05, 3.63) is 0 Å². The van der Waals surface area contributed by atoms with E-state index in [1.54, 1.807) is 0 Å². The molecular weight excluding hydrogens is 206 g/mol. The first kappa shape index (κ1) is 11.3. The molecular formula is C11H17N3O2. The SMILES string of the molecule is CCC(N)CC1=NC(=O)C2(CCC2)C(=O)N1. The Bertz CT molecular complexity index is 358. The summed E-state index contributed by atoms with van der Waals surface area (Å²) in [7, 11) is 0. The van der Waals surface area contributed by atoms with E-state index in [2.05, 4.69) is 10.3 Å². The zero-order chi connectivity index (χ0) is 11.8. The Morgan fingerprint density at radius 3 is 2.62 bits per heavy atom. The molecule has 1 spiro atoms. The highest BCUT2D eigenvalue weighted by Gasteiger charge is 2.53. The van der Waals surface area contributed by atoms with Gasteiger partial charge in [0.15, 0.2) is 0 Å². The van der Waals surface area contributed by atoms with Crippen LogP contribution in [0.1, 0.15) is 39.0 Å². The number of nitrogens with zero attached hydrogens (tertiary/aromatic N) is 1. The molecule has 1 aliphatic carbocycles. The quantitative estimate of drug-likeness (QED) is 0.676. The third kappa shape index (κ3) is 1.65. The van der Waals surface area contributed by atoms with Crippen molar-refractivity contribution in [3.63, 3.8) is 0 Å². The van der Waals surface area contributed by atoms with Crippen LogP contribution in [-0.4, -0.2) is 23.7 Å². The largest absolute Gasteiger partial charge is 0.327 e. The number of hydrogen-bond acceptors (Lipinski definition) is 3. The second kappa shape index (κ2) is 3.97. The molecule has 1 atom stereocenters. The molecule has 1 heterocycles. The first-order valence-electron chi connectivity index (χ1n) is 5.77. The fourth-order valence-electron chi connectivity index (χ4n) is 2.07. The van der Waals surface area contributed by atoms with Crippen LogP contribution in [0.4, 0.5) is 0 Å². The van der Waals surface area contributed by atoms with E-state index in [-0.39, 0.29) is 17.9 Å². The number of nitrogens with two attached hydrogens (primary N) is 1. The first-order chi connectivity index (χ1) is 7.58. The molecule has 2 amide bonds. The smallest absolute Gasteiger partial charge is 0.263 e. The molecule has 1 fully saturated rings. The average Bonchev–Trinajstić information content (AvgIpc) is 2.14. The Labute approximate surface area is 94.5 Å². The summed E-state index contributed by atoms with van der Waals surface area (Å²) in [5.74, 6) is -0.0280. The lowest BCUT2D eigenvalue weighted by atomic mass is 9.67. The zero-order valence-electron chi connectivity index (χ0n) is 9.45. The molecule has 2 aliphatic rings. The Morgan fingerprint density at radius 2 is 2.19 bits per heavy atom. The summed E-state index contributed by atoms with van der Waals surface area (Å²) in [4.78, 5) is 27.6. The molecule has 1 saturated carbocycles. The summed E-state index contributed by atoms with van der Waals surface area (Å²) in [5.41, 5.74) is 4.93. The summed E-state index contributed by atoms with van der Waals surface area (Å²) in [6, 6.07) is -0.0534. The number of rotatable bonds is 3. The van der Waals surface area contributed by atoms with E-state index in [1.807, 2.05) is 6.92 Å². The van der Waals surface area contributed by atoms with Crippen LogP contribution < -0.4 is 11.1 Å². The molecule has 5 heteroatoms. The maximum atomic E-state index is 11.8. The highest BCUT2D eigenvalue weighted by Crippen LogP contribution is 2.43.